The fraction of sp³-hybridized carbons (Fsp3) is 0.357. The van der Waals surface area contributed by atoms with E-state index in [1.54, 1.807) is 4.90 Å². The molecular formula is C14H17NO. The number of amides is 1. The first-order chi connectivity index (χ1) is 7.65. The number of fused-ring (bicyclic) bond motifs is 1. The molecule has 0 spiro atoms. The van der Waals surface area contributed by atoms with Gasteiger partial charge in [-0.15, -0.1) is 6.58 Å². The molecule has 0 saturated carbocycles. The fourth-order valence-corrected chi connectivity index (χ4v) is 2.35. The topological polar surface area (TPSA) is 20.3 Å². The lowest BCUT2D eigenvalue weighted by molar-refractivity contribution is -0.118. The van der Waals surface area contributed by atoms with Crippen LogP contribution in [0.3, 0.4) is 0 Å². The molecule has 1 heterocycles. The summed E-state index contributed by atoms with van der Waals surface area (Å²) in [5.74, 6) is 0.209. The monoisotopic (exact) mass is 215 g/mol. The van der Waals surface area contributed by atoms with Crippen LogP contribution >= 0.6 is 0 Å². The summed E-state index contributed by atoms with van der Waals surface area (Å²) in [5.41, 5.74) is 5.02. The third-order valence-electron chi connectivity index (χ3n) is 3.31. The van der Waals surface area contributed by atoms with Crippen LogP contribution in [0.15, 0.2) is 24.8 Å². The number of carbonyl (C=O) groups is 1. The molecule has 1 aliphatic rings. The van der Waals surface area contributed by atoms with E-state index in [1.165, 1.54) is 16.7 Å². The van der Waals surface area contributed by atoms with Gasteiger partial charge in [0.05, 0.1) is 0 Å². The van der Waals surface area contributed by atoms with E-state index < -0.39 is 0 Å². The smallest absolute Gasteiger partial charge is 0.227 e. The van der Waals surface area contributed by atoms with Crippen molar-refractivity contribution in [1.29, 1.82) is 0 Å². The van der Waals surface area contributed by atoms with Crippen LogP contribution in [0, 0.1) is 6.92 Å². The van der Waals surface area contributed by atoms with E-state index in [2.05, 4.69) is 19.6 Å². The second kappa shape index (κ2) is 4.12. The third kappa shape index (κ3) is 1.64. The molecular weight excluding hydrogens is 198 g/mol. The van der Waals surface area contributed by atoms with Crippen molar-refractivity contribution in [2.75, 3.05) is 11.9 Å². The van der Waals surface area contributed by atoms with E-state index >= 15 is 0 Å². The van der Waals surface area contributed by atoms with E-state index in [0.717, 1.165) is 18.5 Å². The van der Waals surface area contributed by atoms with Gasteiger partial charge >= 0.3 is 0 Å². The first-order valence-corrected chi connectivity index (χ1v) is 5.64. The Morgan fingerprint density at radius 2 is 2.19 bits per heavy atom. The number of nitrogens with zero attached hydrogens (tertiary/aromatic N) is 1. The number of hydrogen-bond acceptors (Lipinski definition) is 1. The molecule has 1 aliphatic heterocycles. The Kier molecular flexibility index (Phi) is 2.82. The van der Waals surface area contributed by atoms with Crippen LogP contribution in [-0.4, -0.2) is 13.0 Å². The van der Waals surface area contributed by atoms with Gasteiger partial charge in [0, 0.05) is 19.2 Å². The van der Waals surface area contributed by atoms with Crippen LogP contribution in [0.4, 0.5) is 5.69 Å². The minimum atomic E-state index is 0.209. The first kappa shape index (κ1) is 10.9. The Morgan fingerprint density at radius 1 is 1.44 bits per heavy atom. The van der Waals surface area contributed by atoms with E-state index in [0.29, 0.717) is 6.42 Å². The molecule has 0 saturated heterocycles. The molecule has 0 aromatic heterocycles. The average molecular weight is 215 g/mol. The maximum absolute atomic E-state index is 11.6. The van der Waals surface area contributed by atoms with Gasteiger partial charge in [-0.25, -0.2) is 0 Å². The minimum Gasteiger partial charge on any atom is -0.315 e. The third-order valence-corrected chi connectivity index (χ3v) is 3.31. The number of benzene rings is 1. The Labute approximate surface area is 96.6 Å². The summed E-state index contributed by atoms with van der Waals surface area (Å²) >= 11 is 0. The van der Waals surface area contributed by atoms with Gasteiger partial charge in [0.15, 0.2) is 0 Å². The lowest BCUT2D eigenvalue weighted by atomic mass is 9.91. The van der Waals surface area contributed by atoms with Crippen molar-refractivity contribution in [3.63, 3.8) is 0 Å². The molecule has 2 heteroatoms. The Balaban J connectivity index is 2.56. The van der Waals surface area contributed by atoms with Crippen molar-refractivity contribution in [3.05, 3.63) is 41.5 Å². The minimum absolute atomic E-state index is 0.209. The van der Waals surface area contributed by atoms with Gasteiger partial charge in [0.2, 0.25) is 5.91 Å². The molecule has 0 unspecified atom stereocenters. The molecule has 0 N–H and O–H groups in total. The van der Waals surface area contributed by atoms with Crippen LogP contribution in [0.2, 0.25) is 0 Å². The largest absolute Gasteiger partial charge is 0.315 e. The van der Waals surface area contributed by atoms with Crippen LogP contribution < -0.4 is 4.90 Å². The fourth-order valence-electron chi connectivity index (χ4n) is 2.35. The Morgan fingerprint density at radius 3 is 2.88 bits per heavy atom. The average Bonchev–Trinajstić information content (AvgIpc) is 2.27. The van der Waals surface area contributed by atoms with Crippen molar-refractivity contribution in [1.82, 2.24) is 0 Å². The van der Waals surface area contributed by atoms with Crippen molar-refractivity contribution in [2.45, 2.75) is 26.2 Å². The summed E-state index contributed by atoms with van der Waals surface area (Å²) < 4.78 is 0. The van der Waals surface area contributed by atoms with Gasteiger partial charge in [0.25, 0.3) is 0 Å². The highest BCUT2D eigenvalue weighted by Gasteiger charge is 2.23. The van der Waals surface area contributed by atoms with Gasteiger partial charge in [0.1, 0.15) is 0 Å². The van der Waals surface area contributed by atoms with E-state index in [1.807, 2.05) is 19.2 Å². The molecule has 0 aliphatic carbocycles. The number of allylic oxidation sites excluding steroid dienone is 1. The zero-order valence-electron chi connectivity index (χ0n) is 9.92. The zero-order chi connectivity index (χ0) is 11.7. The highest BCUT2D eigenvalue weighted by atomic mass is 16.2. The molecule has 0 bridgehead atoms. The SMILES string of the molecule is C=CCc1c(C)ccc2c1CCC(=O)N2C. The molecule has 0 radical (unpaired) electrons. The number of hydrogen-bond donors (Lipinski definition) is 0. The second-order valence-corrected chi connectivity index (χ2v) is 4.30. The van der Waals surface area contributed by atoms with Gasteiger partial charge in [-0.2, -0.15) is 0 Å². The second-order valence-electron chi connectivity index (χ2n) is 4.30. The van der Waals surface area contributed by atoms with Crippen LogP contribution in [0.1, 0.15) is 23.1 Å². The molecule has 1 aromatic carbocycles. The standard InChI is InChI=1S/C14H17NO/c1-4-5-11-10(2)6-8-13-12(11)7-9-14(16)15(13)3/h4,6,8H,1,5,7,9H2,2-3H3. The number of anilines is 1. The van der Waals surface area contributed by atoms with Crippen LogP contribution in [-0.2, 0) is 17.6 Å². The van der Waals surface area contributed by atoms with Gasteiger partial charge < -0.3 is 4.90 Å². The number of rotatable bonds is 2. The summed E-state index contributed by atoms with van der Waals surface area (Å²) in [4.78, 5) is 13.4. The van der Waals surface area contributed by atoms with E-state index in [-0.39, 0.29) is 5.91 Å². The first-order valence-electron chi connectivity index (χ1n) is 5.64. The van der Waals surface area contributed by atoms with Crippen LogP contribution in [0.25, 0.3) is 0 Å². The van der Waals surface area contributed by atoms with E-state index in [4.69, 9.17) is 0 Å². The number of carbonyl (C=O) groups excluding carboxylic acids is 1. The highest BCUT2D eigenvalue weighted by molar-refractivity contribution is 5.96. The maximum atomic E-state index is 11.6. The molecule has 0 fully saturated rings. The maximum Gasteiger partial charge on any atom is 0.227 e. The van der Waals surface area contributed by atoms with Crippen molar-refractivity contribution in [2.24, 2.45) is 0 Å². The molecule has 0 atom stereocenters. The Hall–Kier alpha value is -1.57. The predicted octanol–water partition coefficient (Wildman–Crippen LogP) is 2.63. The van der Waals surface area contributed by atoms with Gasteiger partial charge in [-0.3, -0.25) is 4.79 Å². The summed E-state index contributed by atoms with van der Waals surface area (Å²) in [6.45, 7) is 5.92. The van der Waals surface area contributed by atoms with Gasteiger partial charge in [-0.1, -0.05) is 12.1 Å². The summed E-state index contributed by atoms with van der Waals surface area (Å²) in [6, 6.07) is 4.14. The summed E-state index contributed by atoms with van der Waals surface area (Å²) in [5, 5.41) is 0. The highest BCUT2D eigenvalue weighted by Crippen LogP contribution is 2.31. The molecule has 84 valence electrons. The lowest BCUT2D eigenvalue weighted by Gasteiger charge is -2.28. The zero-order valence-corrected chi connectivity index (χ0v) is 9.92. The van der Waals surface area contributed by atoms with Gasteiger partial charge in [-0.05, 0) is 42.5 Å². The van der Waals surface area contributed by atoms with Crippen molar-refractivity contribution < 1.29 is 4.79 Å². The quantitative estimate of drug-likeness (QED) is 0.694. The lowest BCUT2D eigenvalue weighted by Crippen LogP contribution is -2.31. The van der Waals surface area contributed by atoms with E-state index in [9.17, 15) is 4.79 Å². The normalized spacial score (nSPS) is 14.9. The summed E-state index contributed by atoms with van der Waals surface area (Å²) in [7, 11) is 1.85. The molecule has 1 amide bonds. The number of aryl methyl sites for hydroxylation is 1. The van der Waals surface area contributed by atoms with Crippen molar-refractivity contribution in [3.8, 4) is 0 Å². The predicted molar refractivity (Wildman–Crippen MR) is 66.8 cm³/mol. The summed E-state index contributed by atoms with van der Waals surface area (Å²) in [6.07, 6.45) is 4.30. The molecule has 2 nitrogen and oxygen atoms in total. The molecule has 2 rings (SSSR count). The molecule has 16 heavy (non-hydrogen) atoms. The van der Waals surface area contributed by atoms with Crippen molar-refractivity contribution >= 4 is 11.6 Å². The Bertz CT molecular complexity index is 448. The molecule has 1 aromatic rings. The van der Waals surface area contributed by atoms with Crippen LogP contribution in [0.5, 0.6) is 0 Å².